The van der Waals surface area contributed by atoms with Crippen LogP contribution in [0.2, 0.25) is 0 Å². The van der Waals surface area contributed by atoms with Gasteiger partial charge < -0.3 is 9.84 Å². The minimum absolute atomic E-state index is 0.156. The monoisotopic (exact) mass is 224 g/mol. The number of allylic oxidation sites excluding steroid dienone is 1. The van der Waals surface area contributed by atoms with Crippen LogP contribution >= 0.6 is 0 Å². The number of hydrogen-bond donors (Lipinski definition) is 1. The third-order valence-electron chi connectivity index (χ3n) is 4.06. The highest BCUT2D eigenvalue weighted by atomic mass is 16.6. The van der Waals surface area contributed by atoms with E-state index in [4.69, 9.17) is 4.74 Å². The second-order valence-electron chi connectivity index (χ2n) is 5.96. The van der Waals surface area contributed by atoms with Crippen molar-refractivity contribution >= 4 is 5.78 Å². The maximum atomic E-state index is 11.6. The van der Waals surface area contributed by atoms with Crippen molar-refractivity contribution in [1.82, 2.24) is 0 Å². The number of carbonyl (C=O) groups is 1. The Hall–Kier alpha value is -0.670. The fraction of sp³-hybridized carbons (Fsp3) is 0.769. The molecular weight excluding hydrogens is 204 g/mol. The SMILES string of the molecule is CC1=CC(=O)CC(C)(C)[C@@]12CC[C@@](C)(O)O2. The standard InChI is InChI=1S/C13H20O3/c1-9-7-10(14)8-11(2,3)13(9)6-5-12(4,15)16-13/h7,15H,5-6,8H2,1-4H3/t12-,13+/m0/s1. The summed E-state index contributed by atoms with van der Waals surface area (Å²) in [6, 6.07) is 0. The van der Waals surface area contributed by atoms with Crippen molar-refractivity contribution in [2.45, 2.75) is 58.3 Å². The van der Waals surface area contributed by atoms with E-state index in [9.17, 15) is 9.90 Å². The van der Waals surface area contributed by atoms with Crippen LogP contribution < -0.4 is 0 Å². The molecular formula is C13H20O3. The molecule has 1 N–H and O–H groups in total. The quantitative estimate of drug-likeness (QED) is 0.686. The molecule has 90 valence electrons. The summed E-state index contributed by atoms with van der Waals surface area (Å²) in [5.41, 5.74) is 0.236. The van der Waals surface area contributed by atoms with Crippen LogP contribution in [0.5, 0.6) is 0 Å². The maximum Gasteiger partial charge on any atom is 0.163 e. The summed E-state index contributed by atoms with van der Waals surface area (Å²) < 4.78 is 5.89. The second kappa shape index (κ2) is 3.17. The summed E-state index contributed by atoms with van der Waals surface area (Å²) >= 11 is 0. The van der Waals surface area contributed by atoms with Crippen LogP contribution in [0.3, 0.4) is 0 Å². The molecule has 0 amide bonds. The van der Waals surface area contributed by atoms with Crippen molar-refractivity contribution in [2.75, 3.05) is 0 Å². The Labute approximate surface area is 96.5 Å². The van der Waals surface area contributed by atoms with Gasteiger partial charge in [0.15, 0.2) is 11.6 Å². The van der Waals surface area contributed by atoms with Crippen molar-refractivity contribution < 1.29 is 14.6 Å². The zero-order valence-electron chi connectivity index (χ0n) is 10.5. The first-order valence-corrected chi connectivity index (χ1v) is 5.83. The maximum absolute atomic E-state index is 11.6. The Balaban J connectivity index is 2.46. The van der Waals surface area contributed by atoms with Crippen molar-refractivity contribution in [3.05, 3.63) is 11.6 Å². The Kier molecular flexibility index (Phi) is 2.34. The fourth-order valence-electron chi connectivity index (χ4n) is 3.16. The van der Waals surface area contributed by atoms with Gasteiger partial charge in [0.1, 0.15) is 0 Å². The molecule has 0 unspecified atom stereocenters. The molecule has 2 atom stereocenters. The van der Waals surface area contributed by atoms with Gasteiger partial charge in [-0.1, -0.05) is 13.8 Å². The number of ether oxygens (including phenoxy) is 1. The van der Waals surface area contributed by atoms with E-state index in [1.165, 1.54) is 0 Å². The average molecular weight is 224 g/mol. The third-order valence-corrected chi connectivity index (χ3v) is 4.06. The summed E-state index contributed by atoms with van der Waals surface area (Å²) in [5.74, 6) is -0.907. The van der Waals surface area contributed by atoms with Gasteiger partial charge in [0.2, 0.25) is 0 Å². The lowest BCUT2D eigenvalue weighted by Gasteiger charge is -2.47. The molecule has 1 fully saturated rings. The predicted molar refractivity (Wildman–Crippen MR) is 60.8 cm³/mol. The lowest BCUT2D eigenvalue weighted by atomic mass is 9.63. The summed E-state index contributed by atoms with van der Waals surface area (Å²) in [6.07, 6.45) is 3.56. The van der Waals surface area contributed by atoms with Crippen LogP contribution in [-0.2, 0) is 9.53 Å². The van der Waals surface area contributed by atoms with Gasteiger partial charge in [-0.25, -0.2) is 0 Å². The smallest absolute Gasteiger partial charge is 0.163 e. The summed E-state index contributed by atoms with van der Waals surface area (Å²) in [6.45, 7) is 7.72. The zero-order chi connectivity index (χ0) is 12.2. The highest BCUT2D eigenvalue weighted by Crippen LogP contribution is 2.54. The van der Waals surface area contributed by atoms with Crippen LogP contribution in [0.1, 0.15) is 47.0 Å². The lowest BCUT2D eigenvalue weighted by Crippen LogP contribution is -2.50. The minimum atomic E-state index is -1.06. The van der Waals surface area contributed by atoms with E-state index < -0.39 is 11.4 Å². The molecule has 2 rings (SSSR count). The number of aliphatic hydroxyl groups is 1. The minimum Gasteiger partial charge on any atom is -0.366 e. The molecule has 1 aliphatic carbocycles. The van der Waals surface area contributed by atoms with Crippen LogP contribution in [-0.4, -0.2) is 22.3 Å². The summed E-state index contributed by atoms with van der Waals surface area (Å²) in [5, 5.41) is 9.99. The van der Waals surface area contributed by atoms with Crippen molar-refractivity contribution in [1.29, 1.82) is 0 Å². The molecule has 0 aromatic rings. The van der Waals surface area contributed by atoms with E-state index in [0.717, 1.165) is 12.0 Å². The predicted octanol–water partition coefficient (Wildman–Crippen LogP) is 2.19. The number of ketones is 1. The highest BCUT2D eigenvalue weighted by molar-refractivity contribution is 5.92. The van der Waals surface area contributed by atoms with Gasteiger partial charge in [-0.2, -0.15) is 0 Å². The number of rotatable bonds is 0. The topological polar surface area (TPSA) is 46.5 Å². The van der Waals surface area contributed by atoms with Gasteiger partial charge in [-0.05, 0) is 31.9 Å². The van der Waals surface area contributed by atoms with Crippen LogP contribution in [0.15, 0.2) is 11.6 Å². The molecule has 1 spiro atoms. The first-order chi connectivity index (χ1) is 7.19. The molecule has 1 aliphatic heterocycles. The van der Waals surface area contributed by atoms with Gasteiger partial charge in [-0.15, -0.1) is 0 Å². The average Bonchev–Trinajstić information content (AvgIpc) is 2.40. The molecule has 0 aromatic carbocycles. The van der Waals surface area contributed by atoms with Crippen molar-refractivity contribution in [3.8, 4) is 0 Å². The molecule has 1 heterocycles. The van der Waals surface area contributed by atoms with Crippen LogP contribution in [0.4, 0.5) is 0 Å². The highest BCUT2D eigenvalue weighted by Gasteiger charge is 2.57. The first-order valence-electron chi connectivity index (χ1n) is 5.83. The molecule has 2 aliphatic rings. The Morgan fingerprint density at radius 3 is 2.38 bits per heavy atom. The molecule has 16 heavy (non-hydrogen) atoms. The van der Waals surface area contributed by atoms with E-state index in [2.05, 4.69) is 0 Å². The van der Waals surface area contributed by atoms with Gasteiger partial charge in [0.25, 0.3) is 0 Å². The molecule has 1 saturated heterocycles. The molecule has 3 heteroatoms. The molecule has 0 bridgehead atoms. The molecule has 3 nitrogen and oxygen atoms in total. The van der Waals surface area contributed by atoms with E-state index >= 15 is 0 Å². The summed E-state index contributed by atoms with van der Waals surface area (Å²) in [4.78, 5) is 11.6. The molecule has 0 aromatic heterocycles. The first kappa shape index (κ1) is 11.8. The third kappa shape index (κ3) is 1.54. The largest absolute Gasteiger partial charge is 0.366 e. The van der Waals surface area contributed by atoms with Gasteiger partial charge in [-0.3, -0.25) is 4.79 Å². The summed E-state index contributed by atoms with van der Waals surface area (Å²) in [7, 11) is 0. The Morgan fingerprint density at radius 1 is 1.31 bits per heavy atom. The van der Waals surface area contributed by atoms with E-state index in [0.29, 0.717) is 12.8 Å². The Bertz CT molecular complexity index is 365. The van der Waals surface area contributed by atoms with E-state index in [-0.39, 0.29) is 11.2 Å². The normalized spacial score (nSPS) is 42.6. The number of hydrogen-bond acceptors (Lipinski definition) is 3. The Morgan fingerprint density at radius 2 is 1.94 bits per heavy atom. The van der Waals surface area contributed by atoms with Crippen molar-refractivity contribution in [3.63, 3.8) is 0 Å². The second-order valence-corrected chi connectivity index (χ2v) is 5.96. The molecule has 0 saturated carbocycles. The van der Waals surface area contributed by atoms with Crippen LogP contribution in [0, 0.1) is 5.41 Å². The van der Waals surface area contributed by atoms with Crippen LogP contribution in [0.25, 0.3) is 0 Å². The zero-order valence-corrected chi connectivity index (χ0v) is 10.5. The lowest BCUT2D eigenvalue weighted by molar-refractivity contribution is -0.229. The number of carbonyl (C=O) groups excluding carboxylic acids is 1. The van der Waals surface area contributed by atoms with Crippen molar-refractivity contribution in [2.24, 2.45) is 5.41 Å². The van der Waals surface area contributed by atoms with Gasteiger partial charge >= 0.3 is 0 Å². The molecule has 0 radical (unpaired) electrons. The van der Waals surface area contributed by atoms with Gasteiger partial charge in [0, 0.05) is 18.3 Å². The fourth-order valence-corrected chi connectivity index (χ4v) is 3.16. The van der Waals surface area contributed by atoms with E-state index in [1.807, 2.05) is 20.8 Å². The van der Waals surface area contributed by atoms with E-state index in [1.54, 1.807) is 13.0 Å². The van der Waals surface area contributed by atoms with Gasteiger partial charge in [0.05, 0.1) is 5.60 Å².